The number of thiazole rings is 1. The van der Waals surface area contributed by atoms with E-state index in [1.807, 2.05) is 6.07 Å². The van der Waals surface area contributed by atoms with Gasteiger partial charge in [-0.05, 0) is 55.3 Å². The smallest absolute Gasteiger partial charge is 0.243 e. The van der Waals surface area contributed by atoms with Gasteiger partial charge in [0.1, 0.15) is 0 Å². The third-order valence-electron chi connectivity index (χ3n) is 5.22. The van der Waals surface area contributed by atoms with E-state index >= 15 is 0 Å². The summed E-state index contributed by atoms with van der Waals surface area (Å²) in [4.78, 5) is 28.6. The van der Waals surface area contributed by atoms with Gasteiger partial charge in [-0.1, -0.05) is 22.9 Å². The number of sulfonamides is 1. The average molecular weight is 493 g/mol. The summed E-state index contributed by atoms with van der Waals surface area (Å²) in [7, 11) is -3.61. The molecule has 1 saturated heterocycles. The van der Waals surface area contributed by atoms with Crippen LogP contribution in [0.5, 0.6) is 0 Å². The lowest BCUT2D eigenvalue weighted by Crippen LogP contribution is -2.41. The minimum Gasteiger partial charge on any atom is -0.326 e. The van der Waals surface area contributed by atoms with E-state index in [1.165, 1.54) is 34.7 Å². The number of benzene rings is 2. The molecule has 0 aliphatic carbocycles. The Morgan fingerprint density at radius 3 is 2.44 bits per heavy atom. The first-order valence-electron chi connectivity index (χ1n) is 9.97. The maximum atomic E-state index is 12.8. The first-order chi connectivity index (χ1) is 15.2. The summed E-state index contributed by atoms with van der Waals surface area (Å²) in [6.45, 7) is 1.97. The number of hydrogen-bond donors (Lipinski definition) is 2. The lowest BCUT2D eigenvalue weighted by Gasteiger charge is -2.30. The topological polar surface area (TPSA) is 108 Å². The van der Waals surface area contributed by atoms with Gasteiger partial charge in [-0.25, -0.2) is 13.4 Å². The van der Waals surface area contributed by atoms with Gasteiger partial charge in [-0.15, -0.1) is 0 Å². The molecule has 2 aromatic carbocycles. The van der Waals surface area contributed by atoms with Gasteiger partial charge in [0.05, 0.1) is 15.1 Å². The molecule has 1 aromatic heterocycles. The van der Waals surface area contributed by atoms with Crippen molar-refractivity contribution >= 4 is 65.8 Å². The number of nitrogens with one attached hydrogen (secondary N) is 2. The zero-order valence-corrected chi connectivity index (χ0v) is 19.6. The standard InChI is InChI=1S/C21H21ClN4O4S2/c1-13(27)23-16-4-7-18-19(12-16)31-21(24-18)25-20(28)14-8-10-26(11-9-14)32(29,30)17-5-2-15(22)3-6-17/h2-7,12,14H,8-11H2,1H3,(H,23,27)(H,24,25,28). The molecule has 2 heterocycles. The number of piperidine rings is 1. The highest BCUT2D eigenvalue weighted by Crippen LogP contribution is 2.30. The second kappa shape index (κ2) is 9.14. The Kier molecular flexibility index (Phi) is 6.47. The fraction of sp³-hybridized carbons (Fsp3) is 0.286. The molecule has 8 nitrogen and oxygen atoms in total. The Morgan fingerprint density at radius 2 is 1.78 bits per heavy atom. The van der Waals surface area contributed by atoms with Crippen LogP contribution in [-0.2, 0) is 19.6 Å². The molecule has 0 saturated carbocycles. The van der Waals surface area contributed by atoms with Crippen LogP contribution in [0.15, 0.2) is 47.4 Å². The number of rotatable bonds is 5. The van der Waals surface area contributed by atoms with Gasteiger partial charge in [0.15, 0.2) is 5.13 Å². The van der Waals surface area contributed by atoms with Crippen LogP contribution in [0, 0.1) is 5.92 Å². The quantitative estimate of drug-likeness (QED) is 0.560. The Hall–Kier alpha value is -2.53. The molecule has 1 aliphatic rings. The number of aromatic nitrogens is 1. The van der Waals surface area contributed by atoms with E-state index in [-0.39, 0.29) is 35.7 Å². The van der Waals surface area contributed by atoms with Crippen LogP contribution in [0.4, 0.5) is 10.8 Å². The lowest BCUT2D eigenvalue weighted by atomic mass is 9.97. The number of hydrogen-bond acceptors (Lipinski definition) is 6. The number of amides is 2. The molecule has 0 spiro atoms. The van der Waals surface area contributed by atoms with Crippen LogP contribution in [0.3, 0.4) is 0 Å². The number of halogens is 1. The van der Waals surface area contributed by atoms with Crippen molar-refractivity contribution in [3.05, 3.63) is 47.5 Å². The second-order valence-corrected chi connectivity index (χ2v) is 10.9. The van der Waals surface area contributed by atoms with Crippen LogP contribution in [-0.4, -0.2) is 42.6 Å². The molecule has 0 atom stereocenters. The molecule has 32 heavy (non-hydrogen) atoms. The van der Waals surface area contributed by atoms with Crippen molar-refractivity contribution < 1.29 is 18.0 Å². The van der Waals surface area contributed by atoms with Crippen molar-refractivity contribution in [2.75, 3.05) is 23.7 Å². The van der Waals surface area contributed by atoms with E-state index in [4.69, 9.17) is 11.6 Å². The van der Waals surface area contributed by atoms with Gasteiger partial charge in [0.25, 0.3) is 0 Å². The van der Waals surface area contributed by atoms with Crippen LogP contribution >= 0.6 is 22.9 Å². The van der Waals surface area contributed by atoms with Crippen molar-refractivity contribution in [1.82, 2.24) is 9.29 Å². The maximum absolute atomic E-state index is 12.8. The fourth-order valence-electron chi connectivity index (χ4n) is 3.58. The lowest BCUT2D eigenvalue weighted by molar-refractivity contribution is -0.121. The highest BCUT2D eigenvalue weighted by molar-refractivity contribution is 7.89. The zero-order valence-electron chi connectivity index (χ0n) is 17.2. The first-order valence-corrected chi connectivity index (χ1v) is 12.6. The van der Waals surface area contributed by atoms with E-state index in [2.05, 4.69) is 15.6 Å². The van der Waals surface area contributed by atoms with Crippen LogP contribution in [0.1, 0.15) is 19.8 Å². The monoisotopic (exact) mass is 492 g/mol. The summed E-state index contributed by atoms with van der Waals surface area (Å²) < 4.78 is 27.9. The number of carbonyl (C=O) groups excluding carboxylic acids is 2. The van der Waals surface area contributed by atoms with Crippen LogP contribution in [0.2, 0.25) is 5.02 Å². The molecule has 1 aliphatic heterocycles. The molecule has 0 radical (unpaired) electrons. The largest absolute Gasteiger partial charge is 0.326 e. The zero-order chi connectivity index (χ0) is 22.9. The molecule has 1 fully saturated rings. The summed E-state index contributed by atoms with van der Waals surface area (Å²) >= 11 is 7.17. The van der Waals surface area contributed by atoms with Gasteiger partial charge < -0.3 is 10.6 Å². The van der Waals surface area contributed by atoms with Crippen LogP contribution in [0.25, 0.3) is 10.2 Å². The number of anilines is 2. The van der Waals surface area contributed by atoms with E-state index < -0.39 is 10.0 Å². The molecule has 168 valence electrons. The van der Waals surface area contributed by atoms with E-state index in [1.54, 1.807) is 24.3 Å². The minimum absolute atomic E-state index is 0.160. The second-order valence-electron chi connectivity index (χ2n) is 7.50. The Balaban J connectivity index is 1.38. The van der Waals surface area contributed by atoms with Crippen molar-refractivity contribution in [2.24, 2.45) is 5.92 Å². The van der Waals surface area contributed by atoms with Crippen molar-refractivity contribution in [1.29, 1.82) is 0 Å². The summed E-state index contributed by atoms with van der Waals surface area (Å²) in [5, 5.41) is 6.52. The minimum atomic E-state index is -3.61. The Bertz CT molecular complexity index is 1270. The van der Waals surface area contributed by atoms with E-state index in [0.29, 0.717) is 28.7 Å². The molecule has 4 rings (SSSR count). The highest BCUT2D eigenvalue weighted by atomic mass is 35.5. The fourth-order valence-corrected chi connectivity index (χ4v) is 6.08. The normalized spacial score (nSPS) is 15.6. The first kappa shape index (κ1) is 22.7. The van der Waals surface area contributed by atoms with Gasteiger partial charge in [-0.3, -0.25) is 9.59 Å². The molecular formula is C21H21ClN4O4S2. The molecular weight excluding hydrogens is 472 g/mol. The van der Waals surface area contributed by atoms with E-state index in [0.717, 1.165) is 10.2 Å². The molecule has 0 unspecified atom stereocenters. The highest BCUT2D eigenvalue weighted by Gasteiger charge is 2.32. The third-order valence-corrected chi connectivity index (χ3v) is 8.31. The van der Waals surface area contributed by atoms with Gasteiger partial charge in [0, 0.05) is 36.6 Å². The molecule has 3 aromatic rings. The van der Waals surface area contributed by atoms with Crippen molar-refractivity contribution in [3.63, 3.8) is 0 Å². The average Bonchev–Trinajstić information content (AvgIpc) is 3.15. The van der Waals surface area contributed by atoms with Gasteiger partial charge in [-0.2, -0.15) is 4.31 Å². The van der Waals surface area contributed by atoms with Crippen molar-refractivity contribution in [2.45, 2.75) is 24.7 Å². The summed E-state index contributed by atoms with van der Waals surface area (Å²) in [5.41, 5.74) is 1.39. The number of nitrogens with zero attached hydrogens (tertiary/aromatic N) is 2. The Labute approximate surface area is 194 Å². The number of fused-ring (bicyclic) bond motifs is 1. The summed E-state index contributed by atoms with van der Waals surface area (Å²) in [6.07, 6.45) is 0.854. The SMILES string of the molecule is CC(=O)Nc1ccc2nc(NC(=O)C3CCN(S(=O)(=O)c4ccc(Cl)cc4)CC3)sc2c1. The molecule has 2 N–H and O–H groups in total. The van der Waals surface area contributed by atoms with Gasteiger partial charge >= 0.3 is 0 Å². The van der Waals surface area contributed by atoms with Crippen LogP contribution < -0.4 is 10.6 Å². The predicted octanol–water partition coefficient (Wildman–Crippen LogP) is 3.95. The third kappa shape index (κ3) is 4.93. The molecule has 11 heteroatoms. The molecule has 0 bridgehead atoms. The van der Waals surface area contributed by atoms with E-state index in [9.17, 15) is 18.0 Å². The Morgan fingerprint density at radius 1 is 1.09 bits per heavy atom. The predicted molar refractivity (Wildman–Crippen MR) is 125 cm³/mol. The summed E-state index contributed by atoms with van der Waals surface area (Å²) in [6, 6.07) is 11.4. The van der Waals surface area contributed by atoms with Gasteiger partial charge in [0.2, 0.25) is 21.8 Å². The molecule has 2 amide bonds. The summed E-state index contributed by atoms with van der Waals surface area (Å²) in [5.74, 6) is -0.630. The van der Waals surface area contributed by atoms with Crippen molar-refractivity contribution in [3.8, 4) is 0 Å². The maximum Gasteiger partial charge on any atom is 0.243 e. The number of carbonyl (C=O) groups is 2.